The summed E-state index contributed by atoms with van der Waals surface area (Å²) in [6, 6.07) is 15.6. The number of carbonyl (C=O) groups excluding carboxylic acids is 1. The summed E-state index contributed by atoms with van der Waals surface area (Å²) in [7, 11) is 0. The van der Waals surface area contributed by atoms with Crippen LogP contribution in [0.3, 0.4) is 0 Å². The molecule has 1 amide bonds. The van der Waals surface area contributed by atoms with E-state index in [1.165, 1.54) is 18.3 Å². The van der Waals surface area contributed by atoms with Gasteiger partial charge in [0, 0.05) is 24.0 Å². The first-order valence-electron chi connectivity index (χ1n) is 7.80. The first-order valence-corrected chi connectivity index (χ1v) is 7.80. The van der Waals surface area contributed by atoms with Crippen LogP contribution in [0.1, 0.15) is 21.6 Å². The van der Waals surface area contributed by atoms with Crippen LogP contribution in [0.5, 0.6) is 0 Å². The minimum Gasteiger partial charge on any atom is -0.347 e. The molecule has 5 nitrogen and oxygen atoms in total. The van der Waals surface area contributed by atoms with Gasteiger partial charge in [0.25, 0.3) is 5.91 Å². The lowest BCUT2D eigenvalue weighted by Gasteiger charge is -2.08. The molecule has 0 fully saturated rings. The number of aryl methyl sites for hydroxylation is 1. The fourth-order valence-electron chi connectivity index (χ4n) is 2.31. The lowest BCUT2D eigenvalue weighted by atomic mass is 10.2. The van der Waals surface area contributed by atoms with Crippen LogP contribution in [0.15, 0.2) is 60.8 Å². The smallest absolute Gasteiger partial charge is 0.270 e. The van der Waals surface area contributed by atoms with E-state index >= 15 is 0 Å². The van der Waals surface area contributed by atoms with E-state index in [9.17, 15) is 9.18 Å². The molecule has 2 aromatic carbocycles. The van der Waals surface area contributed by atoms with E-state index in [0.29, 0.717) is 11.5 Å². The van der Waals surface area contributed by atoms with Gasteiger partial charge in [0.05, 0.1) is 0 Å². The predicted molar refractivity (Wildman–Crippen MR) is 94.1 cm³/mol. The van der Waals surface area contributed by atoms with Crippen LogP contribution in [0.4, 0.5) is 16.0 Å². The molecule has 0 spiro atoms. The Hall–Kier alpha value is -3.28. The van der Waals surface area contributed by atoms with Crippen LogP contribution < -0.4 is 10.6 Å². The van der Waals surface area contributed by atoms with E-state index in [-0.39, 0.29) is 18.1 Å². The predicted octanol–water partition coefficient (Wildman–Crippen LogP) is 3.60. The molecule has 0 atom stereocenters. The molecule has 1 heterocycles. The zero-order valence-electron chi connectivity index (χ0n) is 13.7. The fraction of sp³-hybridized carbons (Fsp3) is 0.105. The Kier molecular flexibility index (Phi) is 4.99. The number of anilines is 2. The topological polar surface area (TPSA) is 66.9 Å². The van der Waals surface area contributed by atoms with Gasteiger partial charge in [-0.15, -0.1) is 0 Å². The molecule has 0 saturated heterocycles. The Morgan fingerprint density at radius 1 is 1.12 bits per heavy atom. The average Bonchev–Trinajstić information content (AvgIpc) is 2.61. The van der Waals surface area contributed by atoms with Gasteiger partial charge in [-0.25, -0.2) is 14.4 Å². The summed E-state index contributed by atoms with van der Waals surface area (Å²) >= 11 is 0. The zero-order chi connectivity index (χ0) is 17.6. The van der Waals surface area contributed by atoms with Crippen molar-refractivity contribution in [1.82, 2.24) is 15.3 Å². The third kappa shape index (κ3) is 4.38. The van der Waals surface area contributed by atoms with Crippen molar-refractivity contribution in [2.75, 3.05) is 5.32 Å². The number of nitrogens with zero attached hydrogens (tertiary/aromatic N) is 2. The largest absolute Gasteiger partial charge is 0.347 e. The maximum Gasteiger partial charge on any atom is 0.270 e. The highest BCUT2D eigenvalue weighted by Gasteiger charge is 2.10. The Morgan fingerprint density at radius 2 is 1.96 bits per heavy atom. The van der Waals surface area contributed by atoms with E-state index in [1.807, 2.05) is 31.2 Å². The van der Waals surface area contributed by atoms with Gasteiger partial charge in [-0.05, 0) is 36.8 Å². The molecule has 3 aromatic rings. The number of nitrogens with one attached hydrogen (secondary N) is 2. The summed E-state index contributed by atoms with van der Waals surface area (Å²) in [5.74, 6) is -0.422. The van der Waals surface area contributed by atoms with Crippen molar-refractivity contribution in [2.24, 2.45) is 0 Å². The van der Waals surface area contributed by atoms with Crippen molar-refractivity contribution < 1.29 is 9.18 Å². The molecule has 0 bridgehead atoms. The molecule has 1 aromatic heterocycles. The Bertz CT molecular complexity index is 898. The van der Waals surface area contributed by atoms with Crippen LogP contribution in [0.2, 0.25) is 0 Å². The molecule has 126 valence electrons. The summed E-state index contributed by atoms with van der Waals surface area (Å²) in [6.45, 7) is 2.08. The van der Waals surface area contributed by atoms with Crippen LogP contribution in [0, 0.1) is 12.7 Å². The minimum atomic E-state index is -0.391. The number of halogens is 1. The summed E-state index contributed by atoms with van der Waals surface area (Å²) in [5.41, 5.74) is 2.57. The monoisotopic (exact) mass is 336 g/mol. The van der Waals surface area contributed by atoms with Crippen molar-refractivity contribution in [3.63, 3.8) is 0 Å². The average molecular weight is 336 g/mol. The van der Waals surface area contributed by atoms with Crippen molar-refractivity contribution in [1.29, 1.82) is 0 Å². The van der Waals surface area contributed by atoms with E-state index < -0.39 is 5.91 Å². The molecule has 0 unspecified atom stereocenters. The first kappa shape index (κ1) is 16.6. The molecule has 0 radical (unpaired) electrons. The highest BCUT2D eigenvalue weighted by atomic mass is 19.1. The zero-order valence-corrected chi connectivity index (χ0v) is 13.7. The SMILES string of the molecule is Cc1cccc(Nc2nccc(C(=O)NCc3ccccc3F)n2)c1. The van der Waals surface area contributed by atoms with Crippen LogP contribution >= 0.6 is 0 Å². The minimum absolute atomic E-state index is 0.0934. The van der Waals surface area contributed by atoms with Crippen LogP contribution in [-0.2, 0) is 6.54 Å². The highest BCUT2D eigenvalue weighted by molar-refractivity contribution is 5.92. The number of amides is 1. The van der Waals surface area contributed by atoms with Gasteiger partial charge < -0.3 is 10.6 Å². The lowest BCUT2D eigenvalue weighted by Crippen LogP contribution is -2.24. The standard InChI is InChI=1S/C19H17FN4O/c1-13-5-4-7-15(11-13)23-19-21-10-9-17(24-19)18(25)22-12-14-6-2-3-8-16(14)20/h2-11H,12H2,1H3,(H,22,25)(H,21,23,24). The number of hydrogen-bond donors (Lipinski definition) is 2. The second-order valence-electron chi connectivity index (χ2n) is 5.53. The van der Waals surface area contributed by atoms with E-state index in [1.54, 1.807) is 18.2 Å². The number of hydrogen-bond acceptors (Lipinski definition) is 4. The fourth-order valence-corrected chi connectivity index (χ4v) is 2.31. The maximum atomic E-state index is 13.6. The number of rotatable bonds is 5. The summed E-state index contributed by atoms with van der Waals surface area (Å²) in [5, 5.41) is 5.72. The van der Waals surface area contributed by atoms with Crippen molar-refractivity contribution in [3.8, 4) is 0 Å². The van der Waals surface area contributed by atoms with E-state index in [4.69, 9.17) is 0 Å². The van der Waals surface area contributed by atoms with Gasteiger partial charge in [0.15, 0.2) is 0 Å². The molecular formula is C19H17FN4O. The molecule has 6 heteroatoms. The van der Waals surface area contributed by atoms with Crippen molar-refractivity contribution in [3.05, 3.63) is 83.4 Å². The Morgan fingerprint density at radius 3 is 2.76 bits per heavy atom. The van der Waals surface area contributed by atoms with Gasteiger partial charge in [-0.3, -0.25) is 4.79 Å². The lowest BCUT2D eigenvalue weighted by molar-refractivity contribution is 0.0945. The molecule has 0 aliphatic carbocycles. The molecular weight excluding hydrogens is 319 g/mol. The van der Waals surface area contributed by atoms with Gasteiger partial charge >= 0.3 is 0 Å². The van der Waals surface area contributed by atoms with E-state index in [0.717, 1.165) is 11.3 Å². The number of carbonyl (C=O) groups is 1. The van der Waals surface area contributed by atoms with Crippen molar-refractivity contribution in [2.45, 2.75) is 13.5 Å². The molecule has 0 aliphatic heterocycles. The maximum absolute atomic E-state index is 13.6. The Balaban J connectivity index is 1.68. The van der Waals surface area contributed by atoms with Gasteiger partial charge in [0.1, 0.15) is 11.5 Å². The molecule has 0 saturated carbocycles. The van der Waals surface area contributed by atoms with Gasteiger partial charge in [-0.1, -0.05) is 30.3 Å². The van der Waals surface area contributed by atoms with Gasteiger partial charge in [0.2, 0.25) is 5.95 Å². The third-order valence-corrected chi connectivity index (χ3v) is 3.56. The molecule has 0 aliphatic rings. The number of benzene rings is 2. The molecule has 2 N–H and O–H groups in total. The van der Waals surface area contributed by atoms with Crippen molar-refractivity contribution >= 4 is 17.5 Å². The molecule has 25 heavy (non-hydrogen) atoms. The third-order valence-electron chi connectivity index (χ3n) is 3.56. The van der Waals surface area contributed by atoms with E-state index in [2.05, 4.69) is 20.6 Å². The first-order chi connectivity index (χ1) is 12.1. The normalized spacial score (nSPS) is 10.3. The molecule has 3 rings (SSSR count). The summed E-state index contributed by atoms with van der Waals surface area (Å²) in [6.07, 6.45) is 1.50. The second-order valence-corrected chi connectivity index (χ2v) is 5.53. The second kappa shape index (κ2) is 7.53. The number of aromatic nitrogens is 2. The highest BCUT2D eigenvalue weighted by Crippen LogP contribution is 2.14. The van der Waals surface area contributed by atoms with Gasteiger partial charge in [-0.2, -0.15) is 0 Å². The quantitative estimate of drug-likeness (QED) is 0.747. The summed E-state index contributed by atoms with van der Waals surface area (Å²) in [4.78, 5) is 20.6. The van der Waals surface area contributed by atoms with Crippen LogP contribution in [-0.4, -0.2) is 15.9 Å². The summed E-state index contributed by atoms with van der Waals surface area (Å²) < 4.78 is 13.6. The Labute approximate surface area is 145 Å². The van der Waals surface area contributed by atoms with Crippen LogP contribution in [0.25, 0.3) is 0 Å².